The van der Waals surface area contributed by atoms with E-state index in [1.807, 2.05) is 0 Å². The SMILES string of the molecule is CC(C)(C)Oc1ccc(N2[C@@H]3CC(COC2(C(F)(F)F)C(F)(F)F)C3=O)cc1. The van der Waals surface area contributed by atoms with Crippen molar-refractivity contribution in [2.45, 2.75) is 56.9 Å². The van der Waals surface area contributed by atoms with Crippen LogP contribution in [0.3, 0.4) is 0 Å². The minimum Gasteiger partial charge on any atom is -0.488 e. The molecule has 2 heterocycles. The predicted molar refractivity (Wildman–Crippen MR) is 87.0 cm³/mol. The number of carbonyl (C=O) groups excluding carboxylic acids is 1. The molecule has 0 amide bonds. The van der Waals surface area contributed by atoms with E-state index < -0.39 is 53.7 Å². The molecular weight excluding hydrogens is 392 g/mol. The van der Waals surface area contributed by atoms with Crippen LogP contribution in [0.25, 0.3) is 0 Å². The number of carbonyl (C=O) groups is 1. The van der Waals surface area contributed by atoms with E-state index in [9.17, 15) is 31.1 Å². The van der Waals surface area contributed by atoms with Crippen molar-refractivity contribution < 1.29 is 40.6 Å². The standard InChI is InChI=1S/C18H19F6NO3/c1-15(2,3)28-12-6-4-11(5-7-12)25-13-8-10(14(13)26)9-27-16(25,17(19,20)21)18(22,23)24/h4-7,10,13H,8-9H2,1-3H3/t10?,13-/m1/s1. The van der Waals surface area contributed by atoms with Gasteiger partial charge in [-0.25, -0.2) is 0 Å². The zero-order chi connectivity index (χ0) is 21.1. The fourth-order valence-electron chi connectivity index (χ4n) is 3.49. The van der Waals surface area contributed by atoms with E-state index in [1.54, 1.807) is 20.8 Å². The molecule has 2 saturated heterocycles. The molecule has 1 aromatic rings. The van der Waals surface area contributed by atoms with Gasteiger partial charge in [-0.15, -0.1) is 0 Å². The number of fused-ring (bicyclic) bond motifs is 3. The molecular formula is C18H19F6NO3. The van der Waals surface area contributed by atoms with Crippen molar-refractivity contribution in [2.75, 3.05) is 11.5 Å². The van der Waals surface area contributed by atoms with E-state index in [0.717, 1.165) is 12.1 Å². The Hall–Kier alpha value is -1.97. The van der Waals surface area contributed by atoms with Crippen molar-refractivity contribution in [1.29, 1.82) is 0 Å². The Balaban J connectivity index is 2.11. The Morgan fingerprint density at radius 3 is 2.00 bits per heavy atom. The molecule has 28 heavy (non-hydrogen) atoms. The molecule has 10 heteroatoms. The molecule has 0 N–H and O–H groups in total. The van der Waals surface area contributed by atoms with Crippen LogP contribution < -0.4 is 9.64 Å². The van der Waals surface area contributed by atoms with Crippen LogP contribution in [0.4, 0.5) is 32.0 Å². The summed E-state index contributed by atoms with van der Waals surface area (Å²) < 4.78 is 92.8. The van der Waals surface area contributed by atoms with Crippen LogP contribution in [0.1, 0.15) is 27.2 Å². The summed E-state index contributed by atoms with van der Waals surface area (Å²) in [5, 5.41) is 0. The molecule has 4 nitrogen and oxygen atoms in total. The first-order valence-corrected chi connectivity index (χ1v) is 8.57. The van der Waals surface area contributed by atoms with Gasteiger partial charge in [-0.3, -0.25) is 4.79 Å². The highest BCUT2D eigenvalue weighted by Crippen LogP contribution is 2.54. The molecule has 2 aliphatic heterocycles. The summed E-state index contributed by atoms with van der Waals surface area (Å²) in [6.07, 6.45) is -11.8. The van der Waals surface area contributed by atoms with Gasteiger partial charge < -0.3 is 14.4 Å². The normalized spacial score (nSPS) is 25.2. The Morgan fingerprint density at radius 2 is 1.57 bits per heavy atom. The predicted octanol–water partition coefficient (Wildman–Crippen LogP) is 4.48. The minimum absolute atomic E-state index is 0.0275. The number of rotatable bonds is 2. The van der Waals surface area contributed by atoms with Gasteiger partial charge in [0.1, 0.15) is 11.4 Å². The molecule has 3 aliphatic rings. The molecule has 2 atom stereocenters. The summed E-state index contributed by atoms with van der Waals surface area (Å²) >= 11 is 0. The maximum absolute atomic E-state index is 13.8. The summed E-state index contributed by atoms with van der Waals surface area (Å²) in [4.78, 5) is 12.2. The lowest BCUT2D eigenvalue weighted by Gasteiger charge is -2.48. The van der Waals surface area contributed by atoms with Crippen molar-refractivity contribution in [2.24, 2.45) is 5.92 Å². The molecule has 1 aromatic carbocycles. The van der Waals surface area contributed by atoms with Crippen LogP contribution >= 0.6 is 0 Å². The second-order valence-corrected chi connectivity index (χ2v) is 7.88. The summed E-state index contributed by atoms with van der Waals surface area (Å²) in [5.41, 5.74) is -5.63. The number of alkyl halides is 6. The number of ether oxygens (including phenoxy) is 2. The monoisotopic (exact) mass is 411 g/mol. The first kappa shape index (κ1) is 20.8. The van der Waals surface area contributed by atoms with Gasteiger partial charge in [-0.05, 0) is 51.5 Å². The van der Waals surface area contributed by atoms with Crippen LogP contribution in [0, 0.1) is 5.92 Å². The third-order valence-corrected chi connectivity index (χ3v) is 4.69. The van der Waals surface area contributed by atoms with E-state index in [1.165, 1.54) is 12.1 Å². The van der Waals surface area contributed by atoms with Crippen molar-refractivity contribution in [3.05, 3.63) is 24.3 Å². The molecule has 3 fully saturated rings. The number of ketones is 1. The molecule has 2 bridgehead atoms. The van der Waals surface area contributed by atoms with Gasteiger partial charge in [-0.2, -0.15) is 26.3 Å². The first-order valence-electron chi connectivity index (χ1n) is 8.57. The summed E-state index contributed by atoms with van der Waals surface area (Å²) in [6, 6.07) is 3.11. The van der Waals surface area contributed by atoms with E-state index in [-0.39, 0.29) is 17.1 Å². The third-order valence-electron chi connectivity index (χ3n) is 4.69. The molecule has 1 saturated carbocycles. The van der Waals surface area contributed by atoms with Crippen molar-refractivity contribution in [3.63, 3.8) is 0 Å². The Labute approximate surface area is 157 Å². The second kappa shape index (κ2) is 6.27. The molecule has 0 spiro atoms. The minimum atomic E-state index is -5.82. The Kier molecular flexibility index (Phi) is 4.64. The zero-order valence-electron chi connectivity index (χ0n) is 15.3. The lowest BCUT2D eigenvalue weighted by atomic mass is 9.78. The van der Waals surface area contributed by atoms with Crippen LogP contribution in [-0.4, -0.2) is 42.1 Å². The quantitative estimate of drug-likeness (QED) is 0.673. The van der Waals surface area contributed by atoms with Crippen molar-refractivity contribution in [1.82, 2.24) is 0 Å². The molecule has 4 rings (SSSR count). The van der Waals surface area contributed by atoms with Crippen molar-refractivity contribution in [3.8, 4) is 5.75 Å². The average molecular weight is 411 g/mol. The number of hydrogen-bond acceptors (Lipinski definition) is 4. The van der Waals surface area contributed by atoms with Gasteiger partial charge in [0.25, 0.3) is 0 Å². The number of Topliss-reactive ketones (excluding diaryl/α,β-unsaturated/α-hetero) is 1. The summed E-state index contributed by atoms with van der Waals surface area (Å²) in [6.45, 7) is 4.30. The number of halogens is 6. The van der Waals surface area contributed by atoms with E-state index in [4.69, 9.17) is 4.74 Å². The van der Waals surface area contributed by atoms with Crippen LogP contribution in [-0.2, 0) is 9.53 Å². The van der Waals surface area contributed by atoms with E-state index >= 15 is 0 Å². The lowest BCUT2D eigenvalue weighted by molar-refractivity contribution is -0.378. The number of nitrogens with zero attached hydrogens (tertiary/aromatic N) is 1. The Morgan fingerprint density at radius 1 is 1.04 bits per heavy atom. The van der Waals surface area contributed by atoms with Crippen LogP contribution in [0.15, 0.2) is 24.3 Å². The third kappa shape index (κ3) is 3.21. The summed E-state index contributed by atoms with van der Waals surface area (Å²) in [7, 11) is 0. The van der Waals surface area contributed by atoms with E-state index in [2.05, 4.69) is 4.74 Å². The maximum atomic E-state index is 13.8. The highest BCUT2D eigenvalue weighted by molar-refractivity contribution is 5.96. The molecule has 0 radical (unpaired) electrons. The van der Waals surface area contributed by atoms with E-state index in [0.29, 0.717) is 0 Å². The lowest BCUT2D eigenvalue weighted by Crippen LogP contribution is -2.72. The smallest absolute Gasteiger partial charge is 0.446 e. The maximum Gasteiger partial charge on any atom is 0.446 e. The van der Waals surface area contributed by atoms with Gasteiger partial charge >= 0.3 is 18.1 Å². The highest BCUT2D eigenvalue weighted by atomic mass is 19.4. The van der Waals surface area contributed by atoms with Crippen LogP contribution in [0.2, 0.25) is 0 Å². The van der Waals surface area contributed by atoms with Gasteiger partial charge in [0.2, 0.25) is 0 Å². The fraction of sp³-hybridized carbons (Fsp3) is 0.611. The zero-order valence-corrected chi connectivity index (χ0v) is 15.3. The number of benzene rings is 1. The topological polar surface area (TPSA) is 38.8 Å². The van der Waals surface area contributed by atoms with Crippen molar-refractivity contribution >= 4 is 11.5 Å². The fourth-order valence-corrected chi connectivity index (χ4v) is 3.49. The molecule has 1 aliphatic carbocycles. The largest absolute Gasteiger partial charge is 0.488 e. The number of anilines is 1. The van der Waals surface area contributed by atoms with Gasteiger partial charge in [0.05, 0.1) is 12.6 Å². The molecule has 0 aromatic heterocycles. The first-order chi connectivity index (χ1) is 12.7. The Bertz CT molecular complexity index is 737. The highest BCUT2D eigenvalue weighted by Gasteiger charge is 2.79. The average Bonchev–Trinajstić information content (AvgIpc) is 2.78. The van der Waals surface area contributed by atoms with Gasteiger partial charge in [-0.1, -0.05) is 0 Å². The molecule has 156 valence electrons. The molecule has 1 unspecified atom stereocenters. The van der Waals surface area contributed by atoms with Gasteiger partial charge in [0.15, 0.2) is 5.78 Å². The second-order valence-electron chi connectivity index (χ2n) is 7.88. The van der Waals surface area contributed by atoms with Gasteiger partial charge in [0, 0.05) is 11.6 Å². The van der Waals surface area contributed by atoms with Crippen LogP contribution in [0.5, 0.6) is 5.75 Å². The summed E-state index contributed by atoms with van der Waals surface area (Å²) in [5.74, 6) is -1.39. The number of hydrogen-bond donors (Lipinski definition) is 0.